The molecule has 0 bridgehead atoms. The quantitative estimate of drug-likeness (QED) is 0.565. The lowest BCUT2D eigenvalue weighted by Gasteiger charge is -2.08. The van der Waals surface area contributed by atoms with Gasteiger partial charge in [0.15, 0.2) is 0 Å². The van der Waals surface area contributed by atoms with Crippen LogP contribution in [0, 0.1) is 11.7 Å². The molecule has 0 aromatic heterocycles. The van der Waals surface area contributed by atoms with E-state index in [1.54, 1.807) is 0 Å². The number of thioether (sulfide) groups is 1. The van der Waals surface area contributed by atoms with Crippen molar-refractivity contribution in [1.82, 2.24) is 0 Å². The van der Waals surface area contributed by atoms with Gasteiger partial charge in [-0.1, -0.05) is 52.3 Å². The molecule has 0 saturated carbocycles. The maximum Gasteiger partial charge on any atom is 0.0282 e. The van der Waals surface area contributed by atoms with Gasteiger partial charge in [0.05, 0.1) is 0 Å². The van der Waals surface area contributed by atoms with E-state index in [0.29, 0.717) is 0 Å². The molecule has 2 aromatic carbocycles. The topological polar surface area (TPSA) is 0 Å². The first-order chi connectivity index (χ1) is 7.83. The molecule has 0 aliphatic heterocycles. The fourth-order valence-corrected chi connectivity index (χ4v) is 2.58. The predicted molar refractivity (Wildman–Crippen MR) is 74.3 cm³/mol. The molecular formula is C14H9BrS. The predicted octanol–water partition coefficient (Wildman–Crippen LogP) is 4.80. The van der Waals surface area contributed by atoms with Crippen LogP contribution in [0.4, 0.5) is 0 Å². The van der Waals surface area contributed by atoms with Gasteiger partial charge in [0.25, 0.3) is 0 Å². The van der Waals surface area contributed by atoms with Crippen molar-refractivity contribution in [1.29, 1.82) is 0 Å². The van der Waals surface area contributed by atoms with E-state index in [4.69, 9.17) is 6.42 Å². The summed E-state index contributed by atoms with van der Waals surface area (Å²) in [6.07, 6.45) is 5.35. The molecule has 0 unspecified atom stereocenters. The molecule has 2 aromatic rings. The van der Waals surface area contributed by atoms with Crippen LogP contribution in [0.3, 0.4) is 0 Å². The molecule has 0 fully saturated rings. The van der Waals surface area contributed by atoms with Gasteiger partial charge in [0.2, 0.25) is 0 Å². The van der Waals surface area contributed by atoms with E-state index in [1.807, 2.05) is 36.4 Å². The fraction of sp³-hybridized carbons (Fsp3) is 0. The number of rotatable bonds is 2. The molecule has 0 saturated heterocycles. The summed E-state index contributed by atoms with van der Waals surface area (Å²) < 4.78 is 1.08. The number of halogens is 1. The Balaban J connectivity index is 2.57. The molecule has 0 heterocycles. The third kappa shape index (κ3) is 2.32. The molecule has 0 N–H and O–H groups in total. The summed E-state index contributed by atoms with van der Waals surface area (Å²) in [5.74, 6) is 0. The Labute approximate surface area is 108 Å². The summed E-state index contributed by atoms with van der Waals surface area (Å²) in [6.45, 7) is 0. The standard InChI is InChI=1S/C14H9BrS/c1-2-16-14-10-6-4-8-12(14)11-7-3-5-9-13(11)15/h1,3-10H. The van der Waals surface area contributed by atoms with Crippen molar-refractivity contribution in [3.63, 3.8) is 0 Å². The van der Waals surface area contributed by atoms with Crippen molar-refractivity contribution in [2.45, 2.75) is 4.90 Å². The zero-order valence-corrected chi connectivity index (χ0v) is 10.9. The van der Waals surface area contributed by atoms with E-state index in [-0.39, 0.29) is 0 Å². The average molecular weight is 289 g/mol. The summed E-state index contributed by atoms with van der Waals surface area (Å²) in [5, 5.41) is 2.61. The van der Waals surface area contributed by atoms with Crippen molar-refractivity contribution in [2.75, 3.05) is 0 Å². The normalized spacial score (nSPS) is 9.75. The van der Waals surface area contributed by atoms with Crippen LogP contribution < -0.4 is 0 Å². The molecule has 0 spiro atoms. The van der Waals surface area contributed by atoms with Gasteiger partial charge in [-0.2, -0.15) is 0 Å². The molecular weight excluding hydrogens is 280 g/mol. The summed E-state index contributed by atoms with van der Waals surface area (Å²) in [5.41, 5.74) is 2.33. The summed E-state index contributed by atoms with van der Waals surface area (Å²) in [6, 6.07) is 16.3. The van der Waals surface area contributed by atoms with E-state index in [2.05, 4.69) is 33.3 Å². The van der Waals surface area contributed by atoms with E-state index < -0.39 is 0 Å². The zero-order valence-electron chi connectivity index (χ0n) is 8.48. The van der Waals surface area contributed by atoms with Gasteiger partial charge in [0, 0.05) is 9.37 Å². The Hall–Kier alpha value is -1.17. The van der Waals surface area contributed by atoms with Gasteiger partial charge in [-0.15, -0.1) is 6.42 Å². The van der Waals surface area contributed by atoms with Crippen LogP contribution in [-0.2, 0) is 0 Å². The van der Waals surface area contributed by atoms with Gasteiger partial charge in [-0.25, -0.2) is 0 Å². The van der Waals surface area contributed by atoms with E-state index >= 15 is 0 Å². The van der Waals surface area contributed by atoms with Gasteiger partial charge in [-0.3, -0.25) is 0 Å². The molecule has 78 valence electrons. The van der Waals surface area contributed by atoms with Crippen LogP contribution in [0.15, 0.2) is 57.9 Å². The maximum absolute atomic E-state index is 5.35. The number of terminal acetylenes is 1. The van der Waals surface area contributed by atoms with Crippen LogP contribution in [-0.4, -0.2) is 0 Å². The Bertz CT molecular complexity index is 540. The Morgan fingerprint density at radius 2 is 1.56 bits per heavy atom. The molecule has 16 heavy (non-hydrogen) atoms. The highest BCUT2D eigenvalue weighted by Gasteiger charge is 2.06. The average Bonchev–Trinajstić information content (AvgIpc) is 2.31. The van der Waals surface area contributed by atoms with Crippen molar-refractivity contribution in [3.05, 3.63) is 53.0 Å². The maximum atomic E-state index is 5.35. The van der Waals surface area contributed by atoms with Crippen molar-refractivity contribution < 1.29 is 0 Å². The van der Waals surface area contributed by atoms with Crippen molar-refractivity contribution >= 4 is 27.7 Å². The first-order valence-corrected chi connectivity index (χ1v) is 6.40. The van der Waals surface area contributed by atoms with Crippen LogP contribution in [0.2, 0.25) is 0 Å². The minimum atomic E-state index is 1.08. The number of hydrogen-bond acceptors (Lipinski definition) is 1. The van der Waals surface area contributed by atoms with Crippen LogP contribution >= 0.6 is 27.7 Å². The highest BCUT2D eigenvalue weighted by Crippen LogP contribution is 2.34. The largest absolute Gasteiger partial charge is 0.108 e. The van der Waals surface area contributed by atoms with Crippen molar-refractivity contribution in [3.8, 4) is 22.8 Å². The fourth-order valence-electron chi connectivity index (χ4n) is 1.52. The molecule has 0 radical (unpaired) electrons. The third-order valence-corrected chi connectivity index (χ3v) is 3.61. The van der Waals surface area contributed by atoms with E-state index in [1.165, 1.54) is 17.3 Å². The smallest absolute Gasteiger partial charge is 0.0282 e. The summed E-state index contributed by atoms with van der Waals surface area (Å²) >= 11 is 4.97. The van der Waals surface area contributed by atoms with Gasteiger partial charge < -0.3 is 0 Å². The molecule has 0 atom stereocenters. The SMILES string of the molecule is C#CSc1ccccc1-c1ccccc1Br. The lowest BCUT2D eigenvalue weighted by atomic mass is 10.1. The first kappa shape index (κ1) is 11.3. The van der Waals surface area contributed by atoms with Crippen LogP contribution in [0.1, 0.15) is 0 Å². The molecule has 0 nitrogen and oxygen atoms in total. The Kier molecular flexibility index (Phi) is 3.71. The van der Waals surface area contributed by atoms with Gasteiger partial charge in [-0.05, 0) is 40.3 Å². The monoisotopic (exact) mass is 288 g/mol. The lowest BCUT2D eigenvalue weighted by molar-refractivity contribution is 1.44. The number of benzene rings is 2. The second-order valence-corrected chi connectivity index (χ2v) is 4.93. The Morgan fingerprint density at radius 1 is 0.938 bits per heavy atom. The number of hydrogen-bond donors (Lipinski definition) is 0. The first-order valence-electron chi connectivity index (χ1n) is 4.79. The molecule has 0 aliphatic carbocycles. The minimum absolute atomic E-state index is 1.08. The Morgan fingerprint density at radius 3 is 2.25 bits per heavy atom. The van der Waals surface area contributed by atoms with Gasteiger partial charge in [0.1, 0.15) is 0 Å². The highest BCUT2D eigenvalue weighted by molar-refractivity contribution is 9.10. The van der Waals surface area contributed by atoms with Crippen LogP contribution in [0.5, 0.6) is 0 Å². The third-order valence-electron chi connectivity index (χ3n) is 2.22. The summed E-state index contributed by atoms with van der Waals surface area (Å²) in [7, 11) is 0. The van der Waals surface area contributed by atoms with E-state index in [0.717, 1.165) is 14.9 Å². The second-order valence-electron chi connectivity index (χ2n) is 3.20. The molecule has 0 amide bonds. The molecule has 2 rings (SSSR count). The zero-order chi connectivity index (χ0) is 11.4. The van der Waals surface area contributed by atoms with E-state index in [9.17, 15) is 0 Å². The van der Waals surface area contributed by atoms with Crippen molar-refractivity contribution in [2.24, 2.45) is 0 Å². The summed E-state index contributed by atoms with van der Waals surface area (Å²) in [4.78, 5) is 1.11. The molecule has 0 aliphatic rings. The highest BCUT2D eigenvalue weighted by atomic mass is 79.9. The molecule has 2 heteroatoms. The second kappa shape index (κ2) is 5.25. The minimum Gasteiger partial charge on any atom is -0.108 e. The lowest BCUT2D eigenvalue weighted by Crippen LogP contribution is -1.82. The van der Waals surface area contributed by atoms with Crippen LogP contribution in [0.25, 0.3) is 11.1 Å². The van der Waals surface area contributed by atoms with Gasteiger partial charge >= 0.3 is 0 Å².